The molecule has 0 radical (unpaired) electrons. The molecule has 2 rings (SSSR count). The zero-order chi connectivity index (χ0) is 14.6. The van der Waals surface area contributed by atoms with Gasteiger partial charge in [-0.2, -0.15) is 0 Å². The molecule has 20 heavy (non-hydrogen) atoms. The Hall–Kier alpha value is -1.02. The quantitative estimate of drug-likeness (QED) is 0.820. The van der Waals surface area contributed by atoms with E-state index >= 15 is 0 Å². The first kappa shape index (κ1) is 15.4. The lowest BCUT2D eigenvalue weighted by molar-refractivity contribution is 0.296. The molecule has 112 valence electrons. The summed E-state index contributed by atoms with van der Waals surface area (Å²) in [4.78, 5) is 2.47. The Labute approximate surface area is 124 Å². The van der Waals surface area contributed by atoms with Crippen LogP contribution in [0.1, 0.15) is 52.5 Å². The third kappa shape index (κ3) is 3.54. The molecule has 0 heterocycles. The maximum atomic E-state index is 3.83. The van der Waals surface area contributed by atoms with E-state index in [2.05, 4.69) is 62.2 Å². The molecule has 2 nitrogen and oxygen atoms in total. The van der Waals surface area contributed by atoms with E-state index in [1.807, 2.05) is 0 Å². The summed E-state index contributed by atoms with van der Waals surface area (Å²) in [5.74, 6) is 0. The molecule has 1 fully saturated rings. The van der Waals surface area contributed by atoms with E-state index in [4.69, 9.17) is 0 Å². The van der Waals surface area contributed by atoms with Crippen LogP contribution in [0.2, 0.25) is 0 Å². The lowest BCUT2D eigenvalue weighted by atomic mass is 9.87. The first-order chi connectivity index (χ1) is 9.56. The Morgan fingerprint density at radius 3 is 2.50 bits per heavy atom. The highest BCUT2D eigenvalue weighted by atomic mass is 15.1. The first-order valence-electron chi connectivity index (χ1n) is 8.13. The smallest absolute Gasteiger partial charge is 0.0388 e. The highest BCUT2D eigenvalue weighted by Gasteiger charge is 2.34. The molecule has 1 saturated carbocycles. The molecule has 1 aliphatic rings. The molecule has 0 bridgehead atoms. The van der Waals surface area contributed by atoms with E-state index in [9.17, 15) is 0 Å². The minimum atomic E-state index is 0.419. The van der Waals surface area contributed by atoms with Crippen LogP contribution in [-0.2, 0) is 6.54 Å². The van der Waals surface area contributed by atoms with Crippen molar-refractivity contribution < 1.29 is 0 Å². The molecule has 0 spiro atoms. The normalized spacial score (nSPS) is 21.4. The standard InChI is InChI=1S/C18H30N2/c1-5-20(6-2)14-15-10-7-8-11-16(15)19-17-12-9-13-18(17,3)4/h7-8,10-11,17,19H,5-6,9,12-14H2,1-4H3. The molecule has 2 heteroatoms. The van der Waals surface area contributed by atoms with Crippen molar-refractivity contribution in [2.24, 2.45) is 5.41 Å². The Morgan fingerprint density at radius 2 is 1.90 bits per heavy atom. The summed E-state index contributed by atoms with van der Waals surface area (Å²) in [6.45, 7) is 12.5. The molecular weight excluding hydrogens is 244 g/mol. The summed E-state index contributed by atoms with van der Waals surface area (Å²) >= 11 is 0. The van der Waals surface area contributed by atoms with E-state index in [0.717, 1.165) is 19.6 Å². The van der Waals surface area contributed by atoms with Gasteiger partial charge in [0.05, 0.1) is 0 Å². The molecule has 1 aliphatic carbocycles. The van der Waals surface area contributed by atoms with Crippen molar-refractivity contribution in [3.63, 3.8) is 0 Å². The number of anilines is 1. The summed E-state index contributed by atoms with van der Waals surface area (Å²) in [7, 11) is 0. The minimum absolute atomic E-state index is 0.419. The van der Waals surface area contributed by atoms with Crippen LogP contribution in [0, 0.1) is 5.41 Å². The number of nitrogens with zero attached hydrogens (tertiary/aromatic N) is 1. The Balaban J connectivity index is 2.11. The summed E-state index contributed by atoms with van der Waals surface area (Å²) in [6.07, 6.45) is 3.98. The molecule has 1 aromatic carbocycles. The fourth-order valence-electron chi connectivity index (χ4n) is 3.27. The highest BCUT2D eigenvalue weighted by Crippen LogP contribution is 2.39. The van der Waals surface area contributed by atoms with Crippen LogP contribution in [-0.4, -0.2) is 24.0 Å². The molecule has 0 aliphatic heterocycles. The first-order valence-corrected chi connectivity index (χ1v) is 8.13. The van der Waals surface area contributed by atoms with Crippen LogP contribution < -0.4 is 5.32 Å². The molecular formula is C18H30N2. The van der Waals surface area contributed by atoms with Gasteiger partial charge >= 0.3 is 0 Å². The van der Waals surface area contributed by atoms with Gasteiger partial charge in [0.1, 0.15) is 0 Å². The number of hydrogen-bond acceptors (Lipinski definition) is 2. The van der Waals surface area contributed by atoms with Crippen molar-refractivity contribution >= 4 is 5.69 Å². The highest BCUT2D eigenvalue weighted by molar-refractivity contribution is 5.52. The summed E-state index contributed by atoms with van der Waals surface area (Å²) < 4.78 is 0. The van der Waals surface area contributed by atoms with Gasteiger partial charge in [-0.05, 0) is 43.0 Å². The summed E-state index contributed by atoms with van der Waals surface area (Å²) in [5.41, 5.74) is 3.18. The van der Waals surface area contributed by atoms with Crippen molar-refractivity contribution in [3.8, 4) is 0 Å². The van der Waals surface area contributed by atoms with Crippen molar-refractivity contribution in [1.29, 1.82) is 0 Å². The fraction of sp³-hybridized carbons (Fsp3) is 0.667. The molecule has 0 amide bonds. The van der Waals surface area contributed by atoms with Crippen LogP contribution >= 0.6 is 0 Å². The van der Waals surface area contributed by atoms with Crippen molar-refractivity contribution in [2.75, 3.05) is 18.4 Å². The second kappa shape index (κ2) is 6.62. The number of nitrogens with one attached hydrogen (secondary N) is 1. The van der Waals surface area contributed by atoms with Gasteiger partial charge < -0.3 is 5.32 Å². The maximum absolute atomic E-state index is 3.83. The Kier molecular flexibility index (Phi) is 5.09. The molecule has 1 unspecified atom stereocenters. The van der Waals surface area contributed by atoms with Crippen molar-refractivity contribution in [2.45, 2.75) is 59.5 Å². The van der Waals surface area contributed by atoms with Gasteiger partial charge in [-0.25, -0.2) is 0 Å². The van der Waals surface area contributed by atoms with E-state index in [0.29, 0.717) is 11.5 Å². The number of para-hydroxylation sites is 1. The van der Waals surface area contributed by atoms with E-state index < -0.39 is 0 Å². The van der Waals surface area contributed by atoms with Crippen LogP contribution in [0.15, 0.2) is 24.3 Å². The lowest BCUT2D eigenvalue weighted by Crippen LogP contribution is -2.31. The summed E-state index contributed by atoms with van der Waals surface area (Å²) in [5, 5.41) is 3.83. The third-order valence-corrected chi connectivity index (χ3v) is 4.89. The zero-order valence-electron chi connectivity index (χ0n) is 13.6. The van der Waals surface area contributed by atoms with E-state index in [1.165, 1.54) is 30.5 Å². The second-order valence-electron chi connectivity index (χ2n) is 6.70. The van der Waals surface area contributed by atoms with E-state index in [1.54, 1.807) is 0 Å². The summed E-state index contributed by atoms with van der Waals surface area (Å²) in [6, 6.07) is 9.43. The van der Waals surface area contributed by atoms with Gasteiger partial charge in [-0.1, -0.05) is 52.3 Å². The largest absolute Gasteiger partial charge is 0.382 e. The predicted molar refractivity (Wildman–Crippen MR) is 88.1 cm³/mol. The number of hydrogen-bond donors (Lipinski definition) is 1. The lowest BCUT2D eigenvalue weighted by Gasteiger charge is -2.30. The van der Waals surface area contributed by atoms with Crippen LogP contribution in [0.25, 0.3) is 0 Å². The monoisotopic (exact) mass is 274 g/mol. The predicted octanol–water partition coefficient (Wildman–Crippen LogP) is 4.52. The minimum Gasteiger partial charge on any atom is -0.382 e. The molecule has 0 aromatic heterocycles. The van der Waals surface area contributed by atoms with E-state index in [-0.39, 0.29) is 0 Å². The van der Waals surface area contributed by atoms with Gasteiger partial charge in [0.25, 0.3) is 0 Å². The van der Waals surface area contributed by atoms with Crippen molar-refractivity contribution in [1.82, 2.24) is 4.90 Å². The second-order valence-corrected chi connectivity index (χ2v) is 6.70. The van der Waals surface area contributed by atoms with Crippen molar-refractivity contribution in [3.05, 3.63) is 29.8 Å². The van der Waals surface area contributed by atoms with Crippen LogP contribution in [0.3, 0.4) is 0 Å². The van der Waals surface area contributed by atoms with Crippen LogP contribution in [0.5, 0.6) is 0 Å². The topological polar surface area (TPSA) is 15.3 Å². The van der Waals surface area contributed by atoms with Gasteiger partial charge in [-0.3, -0.25) is 4.90 Å². The maximum Gasteiger partial charge on any atom is 0.0388 e. The SMILES string of the molecule is CCN(CC)Cc1ccccc1NC1CCCC1(C)C. The molecule has 1 N–H and O–H groups in total. The Morgan fingerprint density at radius 1 is 1.20 bits per heavy atom. The third-order valence-electron chi connectivity index (χ3n) is 4.89. The van der Waals surface area contributed by atoms with Gasteiger partial charge in [0.2, 0.25) is 0 Å². The average molecular weight is 274 g/mol. The zero-order valence-corrected chi connectivity index (χ0v) is 13.6. The van der Waals surface area contributed by atoms with Gasteiger partial charge in [0.15, 0.2) is 0 Å². The van der Waals surface area contributed by atoms with Gasteiger partial charge in [0, 0.05) is 18.3 Å². The molecule has 0 saturated heterocycles. The van der Waals surface area contributed by atoms with Crippen LogP contribution in [0.4, 0.5) is 5.69 Å². The van der Waals surface area contributed by atoms with Gasteiger partial charge in [-0.15, -0.1) is 0 Å². The number of rotatable bonds is 6. The molecule has 1 atom stereocenters. The average Bonchev–Trinajstić information content (AvgIpc) is 2.77. The fourth-order valence-corrected chi connectivity index (χ4v) is 3.27. The number of benzene rings is 1. The molecule has 1 aromatic rings. The Bertz CT molecular complexity index is 421.